The highest BCUT2D eigenvalue weighted by atomic mass is 32.1. The first-order chi connectivity index (χ1) is 13.8. The van der Waals surface area contributed by atoms with Crippen LogP contribution in [0.4, 0.5) is 5.69 Å². The lowest BCUT2D eigenvalue weighted by molar-refractivity contribution is -0.115. The largest absolute Gasteiger partial charge is 0.506 e. The number of aromatic nitrogens is 1. The van der Waals surface area contributed by atoms with E-state index in [9.17, 15) is 15.2 Å². The van der Waals surface area contributed by atoms with Gasteiger partial charge in [0.2, 0.25) is 0 Å². The van der Waals surface area contributed by atoms with Gasteiger partial charge in [-0.05, 0) is 68.5 Å². The molecule has 3 aromatic rings. The summed E-state index contributed by atoms with van der Waals surface area (Å²) in [6, 6.07) is 15.0. The molecular formula is C21H16N4O2S2. The van der Waals surface area contributed by atoms with Crippen molar-refractivity contribution in [2.75, 3.05) is 4.90 Å². The summed E-state index contributed by atoms with van der Waals surface area (Å²) in [5, 5.41) is 29.1. The Morgan fingerprint density at radius 1 is 1.21 bits per heavy atom. The van der Waals surface area contributed by atoms with E-state index in [1.54, 1.807) is 6.07 Å². The molecule has 1 amide bonds. The number of thiazole rings is 1. The maximum Gasteiger partial charge on any atom is 0.273 e. The van der Waals surface area contributed by atoms with Gasteiger partial charge in [0.1, 0.15) is 11.8 Å². The van der Waals surface area contributed by atoms with Crippen LogP contribution in [0.1, 0.15) is 25.0 Å². The number of fused-ring (bicyclic) bond motifs is 1. The van der Waals surface area contributed by atoms with Crippen molar-refractivity contribution >= 4 is 51.1 Å². The fourth-order valence-corrected chi connectivity index (χ4v) is 4.05. The van der Waals surface area contributed by atoms with E-state index in [-0.39, 0.29) is 17.2 Å². The van der Waals surface area contributed by atoms with Crippen molar-refractivity contribution in [3.05, 3.63) is 63.1 Å². The van der Waals surface area contributed by atoms with Crippen molar-refractivity contribution in [3.8, 4) is 12.1 Å². The van der Waals surface area contributed by atoms with E-state index in [4.69, 9.17) is 17.5 Å². The first-order valence-corrected chi connectivity index (χ1v) is 9.88. The molecule has 29 heavy (non-hydrogen) atoms. The standard InChI is InChI=1S/C21H16N4O2S2/c1-12(2)25(15-7-8-17-18(9-15)29-21(28)24-17)20(27)16(11-23)19(26)14-5-3-13(10-22)4-6-14/h3-9,12,26H,1-2H3,(H,24,28). The maximum atomic E-state index is 13.2. The molecule has 0 unspecified atom stereocenters. The van der Waals surface area contributed by atoms with E-state index >= 15 is 0 Å². The van der Waals surface area contributed by atoms with Gasteiger partial charge in [0.25, 0.3) is 5.91 Å². The average Bonchev–Trinajstić information content (AvgIpc) is 3.07. The van der Waals surface area contributed by atoms with E-state index in [1.165, 1.54) is 40.5 Å². The Morgan fingerprint density at radius 2 is 1.90 bits per heavy atom. The highest BCUT2D eigenvalue weighted by molar-refractivity contribution is 7.73. The predicted molar refractivity (Wildman–Crippen MR) is 116 cm³/mol. The third-order valence-corrected chi connectivity index (χ3v) is 5.47. The Kier molecular flexibility index (Phi) is 5.79. The van der Waals surface area contributed by atoms with Crippen LogP contribution in [-0.4, -0.2) is 22.0 Å². The topological polar surface area (TPSA) is 104 Å². The third kappa shape index (κ3) is 4.04. The Bertz CT molecular complexity index is 1250. The minimum absolute atomic E-state index is 0.260. The van der Waals surface area contributed by atoms with Crippen molar-refractivity contribution in [2.24, 2.45) is 0 Å². The number of nitriles is 2. The quantitative estimate of drug-likeness (QED) is 0.266. The summed E-state index contributed by atoms with van der Waals surface area (Å²) in [5.74, 6) is -1.03. The van der Waals surface area contributed by atoms with Crippen LogP contribution < -0.4 is 4.90 Å². The number of carbonyl (C=O) groups is 1. The number of H-pyrrole nitrogens is 1. The Hall–Kier alpha value is -3.46. The number of carbonyl (C=O) groups excluding carboxylic acids is 1. The summed E-state index contributed by atoms with van der Waals surface area (Å²) < 4.78 is 1.53. The zero-order valence-electron chi connectivity index (χ0n) is 15.6. The summed E-state index contributed by atoms with van der Waals surface area (Å²) in [6.45, 7) is 3.66. The molecule has 0 fully saturated rings. The highest BCUT2D eigenvalue weighted by Gasteiger charge is 2.26. The molecule has 0 aliphatic heterocycles. The fourth-order valence-electron chi connectivity index (χ4n) is 2.90. The summed E-state index contributed by atoms with van der Waals surface area (Å²) in [6.07, 6.45) is 0. The van der Waals surface area contributed by atoms with Crippen LogP contribution in [0.5, 0.6) is 0 Å². The van der Waals surface area contributed by atoms with Gasteiger partial charge in [-0.2, -0.15) is 10.5 Å². The number of nitrogens with one attached hydrogen (secondary N) is 1. The average molecular weight is 421 g/mol. The van der Waals surface area contributed by atoms with Gasteiger partial charge in [-0.1, -0.05) is 0 Å². The predicted octanol–water partition coefficient (Wildman–Crippen LogP) is 5.06. The Morgan fingerprint density at radius 3 is 2.48 bits per heavy atom. The summed E-state index contributed by atoms with van der Waals surface area (Å²) in [7, 11) is 0. The number of nitrogens with zero attached hydrogens (tertiary/aromatic N) is 3. The number of benzene rings is 2. The second-order valence-electron chi connectivity index (χ2n) is 6.49. The van der Waals surface area contributed by atoms with Gasteiger partial charge in [-0.15, -0.1) is 11.3 Å². The molecule has 0 bridgehead atoms. The zero-order valence-corrected chi connectivity index (χ0v) is 17.3. The first kappa shape index (κ1) is 20.3. The van der Waals surface area contributed by atoms with Crippen molar-refractivity contribution < 1.29 is 9.90 Å². The van der Waals surface area contributed by atoms with Crippen molar-refractivity contribution in [3.63, 3.8) is 0 Å². The summed E-state index contributed by atoms with van der Waals surface area (Å²) in [5.41, 5.74) is 1.80. The van der Waals surface area contributed by atoms with Crippen LogP contribution in [0.15, 0.2) is 48.0 Å². The van der Waals surface area contributed by atoms with E-state index < -0.39 is 11.7 Å². The van der Waals surface area contributed by atoms with Crippen LogP contribution in [-0.2, 0) is 4.79 Å². The SMILES string of the molecule is CC(C)N(C(=O)C(C#N)=C(O)c1ccc(C#N)cc1)c1ccc2[nH]c(=S)sc2c1. The van der Waals surface area contributed by atoms with Crippen LogP contribution in [0, 0.1) is 26.6 Å². The van der Waals surface area contributed by atoms with Gasteiger partial charge >= 0.3 is 0 Å². The molecule has 0 aliphatic rings. The van der Waals surface area contributed by atoms with Crippen LogP contribution in [0.25, 0.3) is 16.0 Å². The summed E-state index contributed by atoms with van der Waals surface area (Å²) >= 11 is 6.57. The number of aliphatic hydroxyl groups is 1. The molecule has 0 aliphatic carbocycles. The molecule has 6 nitrogen and oxygen atoms in total. The molecular weight excluding hydrogens is 404 g/mol. The van der Waals surface area contributed by atoms with Gasteiger partial charge in [0, 0.05) is 17.3 Å². The lowest BCUT2D eigenvalue weighted by Crippen LogP contribution is -2.38. The summed E-state index contributed by atoms with van der Waals surface area (Å²) in [4.78, 5) is 17.7. The van der Waals surface area contributed by atoms with E-state index in [0.29, 0.717) is 15.2 Å². The maximum absolute atomic E-state index is 13.2. The zero-order chi connectivity index (χ0) is 21.1. The van der Waals surface area contributed by atoms with Crippen LogP contribution >= 0.6 is 23.6 Å². The molecule has 0 saturated heterocycles. The number of hydrogen-bond acceptors (Lipinski definition) is 6. The normalized spacial score (nSPS) is 11.6. The van der Waals surface area contributed by atoms with Crippen molar-refractivity contribution in [1.82, 2.24) is 4.98 Å². The number of anilines is 1. The molecule has 8 heteroatoms. The molecule has 0 saturated carbocycles. The second-order valence-corrected chi connectivity index (χ2v) is 8.21. The lowest BCUT2D eigenvalue weighted by atomic mass is 10.1. The molecule has 0 atom stereocenters. The van der Waals surface area contributed by atoms with E-state index in [2.05, 4.69) is 4.98 Å². The van der Waals surface area contributed by atoms with Gasteiger partial charge in [0.05, 0.1) is 21.8 Å². The van der Waals surface area contributed by atoms with Crippen molar-refractivity contribution in [1.29, 1.82) is 10.5 Å². The number of aliphatic hydroxyl groups excluding tert-OH is 1. The molecule has 1 heterocycles. The monoisotopic (exact) mass is 420 g/mol. The van der Waals surface area contributed by atoms with E-state index in [1.807, 2.05) is 38.1 Å². The molecule has 2 N–H and O–H groups in total. The van der Waals surface area contributed by atoms with Gasteiger partial charge in [-0.25, -0.2) is 0 Å². The Labute approximate surface area is 176 Å². The molecule has 1 aromatic heterocycles. The molecule has 144 valence electrons. The molecule has 2 aromatic carbocycles. The second kappa shape index (κ2) is 8.27. The van der Waals surface area contributed by atoms with E-state index in [0.717, 1.165) is 10.2 Å². The number of amides is 1. The lowest BCUT2D eigenvalue weighted by Gasteiger charge is -2.27. The highest BCUT2D eigenvalue weighted by Crippen LogP contribution is 2.28. The number of rotatable bonds is 4. The van der Waals surface area contributed by atoms with Gasteiger partial charge in [-0.3, -0.25) is 4.79 Å². The number of aromatic amines is 1. The van der Waals surface area contributed by atoms with Gasteiger partial charge in [0.15, 0.2) is 9.53 Å². The Balaban J connectivity index is 2.07. The van der Waals surface area contributed by atoms with Crippen LogP contribution in [0.2, 0.25) is 0 Å². The minimum Gasteiger partial charge on any atom is -0.506 e. The van der Waals surface area contributed by atoms with Crippen LogP contribution in [0.3, 0.4) is 0 Å². The third-order valence-electron chi connectivity index (χ3n) is 4.27. The first-order valence-electron chi connectivity index (χ1n) is 8.66. The molecule has 0 spiro atoms. The molecule has 3 rings (SSSR count). The fraction of sp³-hybridized carbons (Fsp3) is 0.143. The number of hydrogen-bond donors (Lipinski definition) is 2. The van der Waals surface area contributed by atoms with Gasteiger partial charge < -0.3 is 15.0 Å². The minimum atomic E-state index is -0.608. The van der Waals surface area contributed by atoms with Crippen molar-refractivity contribution in [2.45, 2.75) is 19.9 Å². The molecule has 0 radical (unpaired) electrons. The smallest absolute Gasteiger partial charge is 0.273 e.